The van der Waals surface area contributed by atoms with Gasteiger partial charge in [-0.25, -0.2) is 4.98 Å². The van der Waals surface area contributed by atoms with Gasteiger partial charge in [-0.1, -0.05) is 0 Å². The number of hydrogen-bond acceptors (Lipinski definition) is 4. The molecule has 1 heterocycles. The Hall–Kier alpha value is -1.55. The van der Waals surface area contributed by atoms with Crippen LogP contribution in [0.15, 0.2) is 16.5 Å². The van der Waals surface area contributed by atoms with Crippen LogP contribution < -0.4 is 10.5 Å². The van der Waals surface area contributed by atoms with Gasteiger partial charge in [0, 0.05) is 18.5 Å². The zero-order valence-corrected chi connectivity index (χ0v) is 8.91. The summed E-state index contributed by atoms with van der Waals surface area (Å²) in [6.07, 6.45) is 0.663. The van der Waals surface area contributed by atoms with Gasteiger partial charge in [-0.3, -0.25) is 0 Å². The predicted octanol–water partition coefficient (Wildman–Crippen LogP) is 1.65. The molecule has 1 aromatic carbocycles. The van der Waals surface area contributed by atoms with Gasteiger partial charge >= 0.3 is 0 Å². The minimum absolute atomic E-state index is 0.545. The Morgan fingerprint density at radius 1 is 1.47 bits per heavy atom. The molecule has 0 spiro atoms. The Balaban J connectivity index is 2.55. The normalized spacial score (nSPS) is 10.9. The first-order valence-electron chi connectivity index (χ1n) is 4.89. The average Bonchev–Trinajstić information content (AvgIpc) is 2.63. The van der Waals surface area contributed by atoms with Crippen molar-refractivity contribution in [1.82, 2.24) is 4.98 Å². The van der Waals surface area contributed by atoms with E-state index < -0.39 is 0 Å². The van der Waals surface area contributed by atoms with E-state index in [9.17, 15) is 0 Å². The molecule has 1 aromatic heterocycles. The van der Waals surface area contributed by atoms with E-state index in [-0.39, 0.29) is 0 Å². The molecule has 2 N–H and O–H groups in total. The third kappa shape index (κ3) is 1.68. The Kier molecular flexibility index (Phi) is 2.60. The van der Waals surface area contributed by atoms with Crippen LogP contribution in [0.4, 0.5) is 0 Å². The number of fused-ring (bicyclic) bond motifs is 1. The highest BCUT2D eigenvalue weighted by Crippen LogP contribution is 2.27. The van der Waals surface area contributed by atoms with E-state index in [4.69, 9.17) is 14.9 Å². The van der Waals surface area contributed by atoms with Gasteiger partial charge in [-0.05, 0) is 19.1 Å². The molecular formula is C11H14N2O2. The molecule has 0 atom stereocenters. The third-order valence-electron chi connectivity index (χ3n) is 2.38. The number of nitrogens with two attached hydrogens (primary N) is 1. The van der Waals surface area contributed by atoms with Gasteiger partial charge in [0.2, 0.25) is 0 Å². The van der Waals surface area contributed by atoms with Crippen molar-refractivity contribution in [2.75, 3.05) is 13.7 Å². The van der Waals surface area contributed by atoms with Gasteiger partial charge in [-0.15, -0.1) is 0 Å². The maximum Gasteiger partial charge on any atom is 0.196 e. The standard InChI is InChI=1S/C11H14N2O2/c1-7-9(14-2)4-3-8-11(7)15-10(13-8)5-6-12/h3-4H,5-6,12H2,1-2H3. The van der Waals surface area contributed by atoms with E-state index in [0.717, 1.165) is 22.4 Å². The second kappa shape index (κ2) is 3.90. The summed E-state index contributed by atoms with van der Waals surface area (Å²) < 4.78 is 10.8. The van der Waals surface area contributed by atoms with Crippen LogP contribution >= 0.6 is 0 Å². The summed E-state index contributed by atoms with van der Waals surface area (Å²) in [6, 6.07) is 3.79. The van der Waals surface area contributed by atoms with Crippen LogP contribution in [-0.2, 0) is 6.42 Å². The van der Waals surface area contributed by atoms with E-state index in [2.05, 4.69) is 4.98 Å². The smallest absolute Gasteiger partial charge is 0.196 e. The van der Waals surface area contributed by atoms with Gasteiger partial charge in [0.1, 0.15) is 11.3 Å². The van der Waals surface area contributed by atoms with Gasteiger partial charge < -0.3 is 14.9 Å². The number of aryl methyl sites for hydroxylation is 1. The van der Waals surface area contributed by atoms with Crippen LogP contribution in [0.1, 0.15) is 11.5 Å². The molecule has 0 fully saturated rings. The molecular weight excluding hydrogens is 192 g/mol. The fraction of sp³-hybridized carbons (Fsp3) is 0.364. The number of oxazole rings is 1. The van der Waals surface area contributed by atoms with E-state index >= 15 is 0 Å². The number of aromatic nitrogens is 1. The van der Waals surface area contributed by atoms with Crippen LogP contribution in [0.25, 0.3) is 11.1 Å². The number of nitrogens with zero attached hydrogens (tertiary/aromatic N) is 1. The van der Waals surface area contributed by atoms with Gasteiger partial charge in [0.05, 0.1) is 7.11 Å². The maximum absolute atomic E-state index is 5.61. The fourth-order valence-electron chi connectivity index (χ4n) is 1.60. The third-order valence-corrected chi connectivity index (χ3v) is 2.38. The molecule has 15 heavy (non-hydrogen) atoms. The molecule has 0 aliphatic carbocycles. The van der Waals surface area contributed by atoms with Crippen molar-refractivity contribution in [1.29, 1.82) is 0 Å². The maximum atomic E-state index is 5.61. The van der Waals surface area contributed by atoms with E-state index in [1.165, 1.54) is 0 Å². The molecule has 0 radical (unpaired) electrons. The monoisotopic (exact) mass is 206 g/mol. The van der Waals surface area contributed by atoms with Crippen LogP contribution in [-0.4, -0.2) is 18.6 Å². The van der Waals surface area contributed by atoms with E-state index in [1.54, 1.807) is 7.11 Å². The van der Waals surface area contributed by atoms with Gasteiger partial charge in [-0.2, -0.15) is 0 Å². The van der Waals surface area contributed by atoms with Crippen molar-refractivity contribution in [3.63, 3.8) is 0 Å². The van der Waals surface area contributed by atoms with Crippen molar-refractivity contribution in [3.05, 3.63) is 23.6 Å². The van der Waals surface area contributed by atoms with Crippen molar-refractivity contribution in [3.8, 4) is 5.75 Å². The summed E-state index contributed by atoms with van der Waals surface area (Å²) in [6.45, 7) is 2.50. The summed E-state index contributed by atoms with van der Waals surface area (Å²) in [4.78, 5) is 4.34. The Morgan fingerprint density at radius 2 is 2.27 bits per heavy atom. The SMILES string of the molecule is COc1ccc2nc(CCN)oc2c1C. The molecule has 0 saturated heterocycles. The average molecular weight is 206 g/mol. The Morgan fingerprint density at radius 3 is 2.93 bits per heavy atom. The summed E-state index contributed by atoms with van der Waals surface area (Å²) in [5, 5.41) is 0. The molecule has 0 amide bonds. The summed E-state index contributed by atoms with van der Waals surface area (Å²) >= 11 is 0. The van der Waals surface area contributed by atoms with Gasteiger partial charge in [0.15, 0.2) is 11.5 Å². The number of methoxy groups -OCH3 is 1. The van der Waals surface area contributed by atoms with E-state index in [1.807, 2.05) is 19.1 Å². The highest BCUT2D eigenvalue weighted by molar-refractivity contribution is 5.78. The molecule has 4 heteroatoms. The first kappa shape index (κ1) is 9.98. The summed E-state index contributed by atoms with van der Waals surface area (Å²) in [5.74, 6) is 1.50. The predicted molar refractivity (Wildman–Crippen MR) is 58.1 cm³/mol. The molecule has 2 aromatic rings. The Bertz CT molecular complexity index is 477. The van der Waals surface area contributed by atoms with Crippen LogP contribution in [0.3, 0.4) is 0 Å². The molecule has 0 aliphatic heterocycles. The lowest BCUT2D eigenvalue weighted by molar-refractivity contribution is 0.411. The van der Waals surface area contributed by atoms with Crippen LogP contribution in [0.5, 0.6) is 5.75 Å². The molecule has 0 bridgehead atoms. The lowest BCUT2D eigenvalue weighted by Gasteiger charge is -2.02. The van der Waals surface area contributed by atoms with Gasteiger partial charge in [0.25, 0.3) is 0 Å². The topological polar surface area (TPSA) is 61.3 Å². The molecule has 0 saturated carbocycles. The van der Waals surface area contributed by atoms with Crippen molar-refractivity contribution in [2.24, 2.45) is 5.73 Å². The second-order valence-electron chi connectivity index (χ2n) is 3.39. The zero-order chi connectivity index (χ0) is 10.8. The lowest BCUT2D eigenvalue weighted by Crippen LogP contribution is -2.02. The molecule has 2 rings (SSSR count). The Labute approximate surface area is 88.0 Å². The fourth-order valence-corrected chi connectivity index (χ4v) is 1.60. The second-order valence-corrected chi connectivity index (χ2v) is 3.39. The van der Waals surface area contributed by atoms with Crippen LogP contribution in [0.2, 0.25) is 0 Å². The molecule has 0 aliphatic rings. The van der Waals surface area contributed by atoms with Crippen molar-refractivity contribution < 1.29 is 9.15 Å². The summed E-state index contributed by atoms with van der Waals surface area (Å²) in [5.41, 5.74) is 8.08. The quantitative estimate of drug-likeness (QED) is 0.829. The van der Waals surface area contributed by atoms with Crippen LogP contribution in [0, 0.1) is 6.92 Å². The van der Waals surface area contributed by atoms with Crippen molar-refractivity contribution in [2.45, 2.75) is 13.3 Å². The minimum atomic E-state index is 0.545. The molecule has 4 nitrogen and oxygen atoms in total. The lowest BCUT2D eigenvalue weighted by atomic mass is 10.2. The first-order valence-corrected chi connectivity index (χ1v) is 4.89. The highest BCUT2D eigenvalue weighted by atomic mass is 16.5. The van der Waals surface area contributed by atoms with Crippen molar-refractivity contribution >= 4 is 11.1 Å². The summed E-state index contributed by atoms with van der Waals surface area (Å²) in [7, 11) is 1.64. The zero-order valence-electron chi connectivity index (χ0n) is 8.91. The molecule has 80 valence electrons. The molecule has 0 unspecified atom stereocenters. The highest BCUT2D eigenvalue weighted by Gasteiger charge is 2.10. The number of benzene rings is 1. The number of hydrogen-bond donors (Lipinski definition) is 1. The largest absolute Gasteiger partial charge is 0.496 e. The van der Waals surface area contributed by atoms with E-state index in [0.29, 0.717) is 18.9 Å². The minimum Gasteiger partial charge on any atom is -0.496 e. The first-order chi connectivity index (χ1) is 7.26. The number of ether oxygens (including phenoxy) is 1. The number of rotatable bonds is 3.